The molecule has 0 radical (unpaired) electrons. The minimum absolute atomic E-state index is 0.117. The van der Waals surface area contributed by atoms with Gasteiger partial charge in [0.25, 0.3) is 0 Å². The van der Waals surface area contributed by atoms with Crippen LogP contribution in [-0.4, -0.2) is 30.2 Å². The van der Waals surface area contributed by atoms with Gasteiger partial charge in [0.2, 0.25) is 0 Å². The van der Waals surface area contributed by atoms with Gasteiger partial charge < -0.3 is 15.4 Å². The molecule has 0 saturated heterocycles. The third-order valence-corrected chi connectivity index (χ3v) is 1.83. The number of carbonyl (C=O) groups is 1. The molecule has 0 saturated carbocycles. The van der Waals surface area contributed by atoms with Gasteiger partial charge in [0.05, 0.1) is 12.7 Å². The van der Waals surface area contributed by atoms with Gasteiger partial charge in [-0.1, -0.05) is 11.8 Å². The van der Waals surface area contributed by atoms with Crippen molar-refractivity contribution in [1.29, 1.82) is 0 Å². The number of aromatic nitrogens is 1. The molecule has 0 bridgehead atoms. The Bertz CT molecular complexity index is 421. The van der Waals surface area contributed by atoms with Gasteiger partial charge in [-0.25, -0.2) is 4.79 Å². The second kappa shape index (κ2) is 7.96. The monoisotopic (exact) mass is 247 g/mol. The Hall–Kier alpha value is -2.22. The maximum atomic E-state index is 11.2. The van der Waals surface area contributed by atoms with E-state index >= 15 is 0 Å². The number of carbonyl (C=O) groups excluding carboxylic acids is 1. The van der Waals surface area contributed by atoms with Crippen molar-refractivity contribution >= 4 is 6.03 Å². The maximum absolute atomic E-state index is 11.2. The van der Waals surface area contributed by atoms with Gasteiger partial charge in [-0.15, -0.1) is 0 Å². The van der Waals surface area contributed by atoms with Crippen molar-refractivity contribution < 1.29 is 9.53 Å². The standard InChI is InChI=1S/C13H17N3O2/c1-11(2)16-13(17)15-8-3-4-9-18-12-6-5-7-14-10-12/h5-7,10-11H,8-9H2,1-2H3,(H2,15,16,17). The number of nitrogens with zero attached hydrogens (tertiary/aromatic N) is 1. The Morgan fingerprint density at radius 1 is 1.50 bits per heavy atom. The lowest BCUT2D eigenvalue weighted by Gasteiger charge is -2.07. The molecule has 1 rings (SSSR count). The van der Waals surface area contributed by atoms with E-state index in [1.165, 1.54) is 0 Å². The van der Waals surface area contributed by atoms with Crippen LogP contribution in [0.25, 0.3) is 0 Å². The lowest BCUT2D eigenvalue weighted by molar-refractivity contribution is 0.239. The molecular formula is C13H17N3O2. The van der Waals surface area contributed by atoms with Crippen molar-refractivity contribution in [2.45, 2.75) is 19.9 Å². The molecule has 5 heteroatoms. The predicted molar refractivity (Wildman–Crippen MR) is 69.2 cm³/mol. The van der Waals surface area contributed by atoms with Crippen LogP contribution in [0.3, 0.4) is 0 Å². The van der Waals surface area contributed by atoms with Gasteiger partial charge in [-0.3, -0.25) is 4.98 Å². The zero-order chi connectivity index (χ0) is 13.2. The fourth-order valence-electron chi connectivity index (χ4n) is 1.10. The van der Waals surface area contributed by atoms with Crippen LogP contribution >= 0.6 is 0 Å². The summed E-state index contributed by atoms with van der Waals surface area (Å²) in [4.78, 5) is 15.1. The fraction of sp³-hybridized carbons (Fsp3) is 0.385. The zero-order valence-corrected chi connectivity index (χ0v) is 10.6. The molecule has 0 spiro atoms. The van der Waals surface area contributed by atoms with Crippen molar-refractivity contribution in [1.82, 2.24) is 15.6 Å². The number of pyridine rings is 1. The summed E-state index contributed by atoms with van der Waals surface area (Å²) in [5, 5.41) is 5.32. The molecule has 5 nitrogen and oxygen atoms in total. The first kappa shape index (κ1) is 13.8. The largest absolute Gasteiger partial charge is 0.479 e. The summed E-state index contributed by atoms with van der Waals surface area (Å²) in [5.74, 6) is 6.27. The first-order valence-corrected chi connectivity index (χ1v) is 5.71. The molecule has 2 amide bonds. The van der Waals surface area contributed by atoms with Gasteiger partial charge >= 0.3 is 6.03 Å². The molecule has 1 aromatic heterocycles. The zero-order valence-electron chi connectivity index (χ0n) is 10.6. The van der Waals surface area contributed by atoms with E-state index in [-0.39, 0.29) is 18.7 Å². The van der Waals surface area contributed by atoms with Crippen molar-refractivity contribution in [3.63, 3.8) is 0 Å². The molecule has 0 aromatic carbocycles. The van der Waals surface area contributed by atoms with E-state index in [2.05, 4.69) is 27.5 Å². The molecule has 18 heavy (non-hydrogen) atoms. The summed E-state index contributed by atoms with van der Waals surface area (Å²) < 4.78 is 5.31. The number of urea groups is 1. The van der Waals surface area contributed by atoms with Crippen LogP contribution in [0.5, 0.6) is 5.75 Å². The number of hydrogen-bond acceptors (Lipinski definition) is 3. The Balaban J connectivity index is 2.14. The van der Waals surface area contributed by atoms with Crippen LogP contribution in [0, 0.1) is 11.8 Å². The van der Waals surface area contributed by atoms with Crippen LogP contribution in [0.2, 0.25) is 0 Å². The second-order valence-corrected chi connectivity index (χ2v) is 3.81. The Morgan fingerprint density at radius 2 is 2.33 bits per heavy atom. The number of ether oxygens (including phenoxy) is 1. The number of nitrogens with one attached hydrogen (secondary N) is 2. The molecule has 2 N–H and O–H groups in total. The smallest absolute Gasteiger partial charge is 0.315 e. The summed E-state index contributed by atoms with van der Waals surface area (Å²) >= 11 is 0. The van der Waals surface area contributed by atoms with Crippen LogP contribution < -0.4 is 15.4 Å². The summed E-state index contributed by atoms with van der Waals surface area (Å²) in [6.45, 7) is 4.37. The summed E-state index contributed by atoms with van der Waals surface area (Å²) in [7, 11) is 0. The van der Waals surface area contributed by atoms with Crippen molar-refractivity contribution in [3.05, 3.63) is 24.5 Å². The Labute approximate surface area is 107 Å². The Kier molecular flexibility index (Phi) is 6.12. The molecule has 0 aliphatic rings. The molecule has 0 aliphatic carbocycles. The number of hydrogen-bond donors (Lipinski definition) is 2. The summed E-state index contributed by atoms with van der Waals surface area (Å²) in [6, 6.07) is 3.50. The van der Waals surface area contributed by atoms with E-state index in [4.69, 9.17) is 4.74 Å². The fourth-order valence-corrected chi connectivity index (χ4v) is 1.10. The van der Waals surface area contributed by atoms with Crippen LogP contribution in [0.15, 0.2) is 24.5 Å². The van der Waals surface area contributed by atoms with Gasteiger partial charge in [-0.2, -0.15) is 0 Å². The first-order chi connectivity index (χ1) is 8.68. The van der Waals surface area contributed by atoms with Gasteiger partial charge in [0, 0.05) is 12.2 Å². The number of rotatable bonds is 4. The van der Waals surface area contributed by atoms with Crippen molar-refractivity contribution in [2.75, 3.05) is 13.2 Å². The highest BCUT2D eigenvalue weighted by atomic mass is 16.5. The average Bonchev–Trinajstić information content (AvgIpc) is 2.34. The van der Waals surface area contributed by atoms with E-state index in [0.29, 0.717) is 12.3 Å². The molecule has 0 aliphatic heterocycles. The molecule has 0 fully saturated rings. The van der Waals surface area contributed by atoms with E-state index in [9.17, 15) is 4.79 Å². The van der Waals surface area contributed by atoms with Crippen molar-refractivity contribution in [3.8, 4) is 17.6 Å². The van der Waals surface area contributed by atoms with E-state index in [1.807, 2.05) is 19.9 Å². The SMILES string of the molecule is CC(C)NC(=O)NCC#CCOc1cccnc1. The third-order valence-electron chi connectivity index (χ3n) is 1.83. The van der Waals surface area contributed by atoms with Gasteiger partial charge in [0.1, 0.15) is 12.4 Å². The first-order valence-electron chi connectivity index (χ1n) is 5.71. The predicted octanol–water partition coefficient (Wildman–Crippen LogP) is 1.17. The van der Waals surface area contributed by atoms with E-state index in [1.54, 1.807) is 18.5 Å². The molecule has 96 valence electrons. The minimum Gasteiger partial charge on any atom is -0.479 e. The van der Waals surface area contributed by atoms with Gasteiger partial charge in [-0.05, 0) is 26.0 Å². The topological polar surface area (TPSA) is 63.2 Å². The van der Waals surface area contributed by atoms with Crippen LogP contribution in [0.4, 0.5) is 4.79 Å². The van der Waals surface area contributed by atoms with Crippen LogP contribution in [-0.2, 0) is 0 Å². The normalized spacial score (nSPS) is 9.28. The molecule has 0 atom stereocenters. The minimum atomic E-state index is -0.215. The van der Waals surface area contributed by atoms with Gasteiger partial charge in [0.15, 0.2) is 0 Å². The van der Waals surface area contributed by atoms with Crippen LogP contribution in [0.1, 0.15) is 13.8 Å². The average molecular weight is 247 g/mol. The highest BCUT2D eigenvalue weighted by Gasteiger charge is 1.98. The van der Waals surface area contributed by atoms with E-state index < -0.39 is 0 Å². The molecule has 0 unspecified atom stereocenters. The lowest BCUT2D eigenvalue weighted by atomic mass is 10.4. The highest BCUT2D eigenvalue weighted by molar-refractivity contribution is 5.74. The van der Waals surface area contributed by atoms with Crippen molar-refractivity contribution in [2.24, 2.45) is 0 Å². The lowest BCUT2D eigenvalue weighted by Crippen LogP contribution is -2.39. The second-order valence-electron chi connectivity index (χ2n) is 3.81. The Morgan fingerprint density at radius 3 is 3.00 bits per heavy atom. The molecule has 1 aromatic rings. The maximum Gasteiger partial charge on any atom is 0.315 e. The molecular weight excluding hydrogens is 230 g/mol. The summed E-state index contributed by atoms with van der Waals surface area (Å²) in [6.07, 6.45) is 3.30. The third kappa shape index (κ3) is 6.38. The quantitative estimate of drug-likeness (QED) is 0.785. The molecule has 1 heterocycles. The highest BCUT2D eigenvalue weighted by Crippen LogP contribution is 2.04. The summed E-state index contributed by atoms with van der Waals surface area (Å²) in [5.41, 5.74) is 0. The number of amides is 2. The van der Waals surface area contributed by atoms with E-state index in [0.717, 1.165) is 0 Å².